The number of carbonyl (C=O) groups excluding carboxylic acids is 1. The molecule has 6 nitrogen and oxygen atoms in total. The van der Waals surface area contributed by atoms with E-state index in [2.05, 4.69) is 12.2 Å². The highest BCUT2D eigenvalue weighted by Gasteiger charge is 2.28. The van der Waals surface area contributed by atoms with Gasteiger partial charge in [-0.3, -0.25) is 9.10 Å². The molecule has 0 aromatic heterocycles. The number of hydrogen-bond donors (Lipinski definition) is 1. The van der Waals surface area contributed by atoms with E-state index in [0.717, 1.165) is 42.4 Å². The van der Waals surface area contributed by atoms with Crippen molar-refractivity contribution in [1.82, 2.24) is 5.32 Å². The molecule has 2 rings (SSSR count). The summed E-state index contributed by atoms with van der Waals surface area (Å²) in [5.41, 5.74) is 2.52. The molecule has 0 heterocycles. The minimum atomic E-state index is -3.61. The molecule has 0 radical (unpaired) electrons. The van der Waals surface area contributed by atoms with Gasteiger partial charge >= 0.3 is 0 Å². The zero-order valence-electron chi connectivity index (χ0n) is 18.2. The first kappa shape index (κ1) is 23.7. The average molecular weight is 433 g/mol. The molecule has 1 unspecified atom stereocenters. The standard InChI is InChI=1S/C23H32N2O4S/c1-5-16-29-22-14-7-6-11-20(22)12-9-15-24-23(26)19(3)25(30(4,27)28)21-13-8-10-18(2)17-21/h6-8,10-11,13-14,17,19H,5,9,12,15-16H2,1-4H3,(H,24,26). The van der Waals surface area contributed by atoms with Crippen molar-refractivity contribution in [3.63, 3.8) is 0 Å². The molecule has 0 saturated heterocycles. The highest BCUT2D eigenvalue weighted by atomic mass is 32.2. The number of hydrogen-bond acceptors (Lipinski definition) is 4. The van der Waals surface area contributed by atoms with Crippen LogP contribution in [0.2, 0.25) is 0 Å². The Balaban J connectivity index is 1.97. The summed E-state index contributed by atoms with van der Waals surface area (Å²) >= 11 is 0. The number of sulfonamides is 1. The molecule has 7 heteroatoms. The fourth-order valence-corrected chi connectivity index (χ4v) is 4.44. The normalized spacial score (nSPS) is 12.3. The predicted octanol–water partition coefficient (Wildman–Crippen LogP) is 3.69. The van der Waals surface area contributed by atoms with E-state index < -0.39 is 16.1 Å². The third-order valence-corrected chi connectivity index (χ3v) is 5.94. The average Bonchev–Trinajstić information content (AvgIpc) is 2.69. The smallest absolute Gasteiger partial charge is 0.243 e. The number of para-hydroxylation sites is 1. The number of aryl methyl sites for hydroxylation is 2. The maximum Gasteiger partial charge on any atom is 0.243 e. The van der Waals surface area contributed by atoms with Gasteiger partial charge in [0.2, 0.25) is 15.9 Å². The molecule has 30 heavy (non-hydrogen) atoms. The number of amides is 1. The lowest BCUT2D eigenvalue weighted by atomic mass is 10.1. The van der Waals surface area contributed by atoms with Gasteiger partial charge < -0.3 is 10.1 Å². The first-order valence-electron chi connectivity index (χ1n) is 10.3. The summed E-state index contributed by atoms with van der Waals surface area (Å²) in [6.45, 7) is 6.68. The lowest BCUT2D eigenvalue weighted by Gasteiger charge is -2.28. The van der Waals surface area contributed by atoms with Gasteiger partial charge in [-0.15, -0.1) is 0 Å². The Kier molecular flexibility index (Phi) is 8.72. The molecule has 164 valence electrons. The summed E-state index contributed by atoms with van der Waals surface area (Å²) in [7, 11) is -3.61. The summed E-state index contributed by atoms with van der Waals surface area (Å²) in [4.78, 5) is 12.7. The van der Waals surface area contributed by atoms with Crippen molar-refractivity contribution < 1.29 is 17.9 Å². The number of benzene rings is 2. The van der Waals surface area contributed by atoms with E-state index >= 15 is 0 Å². The lowest BCUT2D eigenvalue weighted by Crippen LogP contribution is -2.48. The molecule has 1 atom stereocenters. The van der Waals surface area contributed by atoms with Gasteiger partial charge in [-0.05, 0) is 62.4 Å². The van der Waals surface area contributed by atoms with Crippen LogP contribution in [-0.4, -0.2) is 39.8 Å². The molecule has 0 aliphatic heterocycles. The third kappa shape index (κ3) is 6.76. The molecule has 0 aliphatic rings. The first-order valence-corrected chi connectivity index (χ1v) is 12.1. The van der Waals surface area contributed by atoms with Crippen LogP contribution < -0.4 is 14.4 Å². The van der Waals surface area contributed by atoms with Gasteiger partial charge in [0.15, 0.2) is 0 Å². The first-order chi connectivity index (χ1) is 14.2. The Morgan fingerprint density at radius 1 is 1.17 bits per heavy atom. The second-order valence-electron chi connectivity index (χ2n) is 7.42. The van der Waals surface area contributed by atoms with Crippen molar-refractivity contribution in [3.05, 3.63) is 59.7 Å². The van der Waals surface area contributed by atoms with Crippen molar-refractivity contribution in [2.75, 3.05) is 23.7 Å². The lowest BCUT2D eigenvalue weighted by molar-refractivity contribution is -0.121. The fourth-order valence-electron chi connectivity index (χ4n) is 3.28. The molecule has 1 N–H and O–H groups in total. The number of nitrogens with zero attached hydrogens (tertiary/aromatic N) is 1. The quantitative estimate of drug-likeness (QED) is 0.550. The molecule has 1 amide bonds. The van der Waals surface area contributed by atoms with Crippen molar-refractivity contribution in [2.45, 2.75) is 46.1 Å². The molecular weight excluding hydrogens is 400 g/mol. The molecule has 0 spiro atoms. The van der Waals surface area contributed by atoms with E-state index in [1.807, 2.05) is 37.3 Å². The Morgan fingerprint density at radius 2 is 1.90 bits per heavy atom. The predicted molar refractivity (Wildman–Crippen MR) is 122 cm³/mol. The second-order valence-corrected chi connectivity index (χ2v) is 9.28. The number of rotatable bonds is 11. The molecule has 0 fully saturated rings. The van der Waals surface area contributed by atoms with Gasteiger partial charge in [0.25, 0.3) is 0 Å². The van der Waals surface area contributed by atoms with E-state index in [4.69, 9.17) is 4.74 Å². The van der Waals surface area contributed by atoms with Crippen LogP contribution in [0.15, 0.2) is 48.5 Å². The SMILES string of the molecule is CCCOc1ccccc1CCCNC(=O)C(C)N(c1cccc(C)c1)S(C)(=O)=O. The largest absolute Gasteiger partial charge is 0.493 e. The minimum Gasteiger partial charge on any atom is -0.493 e. The van der Waals surface area contributed by atoms with Gasteiger partial charge in [0.05, 0.1) is 18.6 Å². The Labute approximate surface area is 180 Å². The van der Waals surface area contributed by atoms with Crippen LogP contribution >= 0.6 is 0 Å². The topological polar surface area (TPSA) is 75.7 Å². The summed E-state index contributed by atoms with van der Waals surface area (Å²) in [6.07, 6.45) is 3.56. The van der Waals surface area contributed by atoms with E-state index in [-0.39, 0.29) is 5.91 Å². The van der Waals surface area contributed by atoms with Crippen LogP contribution in [-0.2, 0) is 21.2 Å². The Bertz CT molecular complexity index is 944. The van der Waals surface area contributed by atoms with Crippen LogP contribution in [0.1, 0.15) is 37.8 Å². The van der Waals surface area contributed by atoms with Crippen LogP contribution in [0.3, 0.4) is 0 Å². The van der Waals surface area contributed by atoms with Gasteiger partial charge in [0, 0.05) is 6.54 Å². The fraction of sp³-hybridized carbons (Fsp3) is 0.435. The highest BCUT2D eigenvalue weighted by molar-refractivity contribution is 7.92. The number of ether oxygens (including phenoxy) is 1. The second kappa shape index (κ2) is 11.0. The van der Waals surface area contributed by atoms with Gasteiger partial charge in [-0.1, -0.05) is 37.3 Å². The number of nitrogens with one attached hydrogen (secondary N) is 1. The molecule has 0 saturated carbocycles. The summed E-state index contributed by atoms with van der Waals surface area (Å²) in [5.74, 6) is 0.555. The van der Waals surface area contributed by atoms with Crippen LogP contribution in [0.25, 0.3) is 0 Å². The van der Waals surface area contributed by atoms with E-state index in [0.29, 0.717) is 18.8 Å². The summed E-state index contributed by atoms with van der Waals surface area (Å²) in [5, 5.41) is 2.87. The molecule has 2 aromatic carbocycles. The van der Waals surface area contributed by atoms with Crippen LogP contribution in [0.4, 0.5) is 5.69 Å². The van der Waals surface area contributed by atoms with Gasteiger partial charge in [0.1, 0.15) is 11.8 Å². The Morgan fingerprint density at radius 3 is 2.57 bits per heavy atom. The van der Waals surface area contributed by atoms with E-state index in [1.165, 1.54) is 4.31 Å². The molecule has 2 aromatic rings. The number of carbonyl (C=O) groups is 1. The summed E-state index contributed by atoms with van der Waals surface area (Å²) < 4.78 is 31.7. The van der Waals surface area contributed by atoms with Gasteiger partial charge in [-0.2, -0.15) is 0 Å². The third-order valence-electron chi connectivity index (χ3n) is 4.70. The molecule has 0 aliphatic carbocycles. The van der Waals surface area contributed by atoms with E-state index in [9.17, 15) is 13.2 Å². The van der Waals surface area contributed by atoms with Crippen LogP contribution in [0, 0.1) is 6.92 Å². The van der Waals surface area contributed by atoms with Crippen molar-refractivity contribution >= 4 is 21.6 Å². The monoisotopic (exact) mass is 432 g/mol. The maximum atomic E-state index is 12.7. The zero-order chi connectivity index (χ0) is 22.1. The Hall–Kier alpha value is -2.54. The summed E-state index contributed by atoms with van der Waals surface area (Å²) in [6, 6.07) is 14.2. The van der Waals surface area contributed by atoms with Crippen molar-refractivity contribution in [1.29, 1.82) is 0 Å². The maximum absolute atomic E-state index is 12.7. The molecular formula is C23H32N2O4S. The van der Waals surface area contributed by atoms with E-state index in [1.54, 1.807) is 25.1 Å². The van der Waals surface area contributed by atoms with Crippen LogP contribution in [0.5, 0.6) is 5.75 Å². The number of anilines is 1. The highest BCUT2D eigenvalue weighted by Crippen LogP contribution is 2.22. The van der Waals surface area contributed by atoms with Crippen molar-refractivity contribution in [2.24, 2.45) is 0 Å². The zero-order valence-corrected chi connectivity index (χ0v) is 19.0. The minimum absolute atomic E-state index is 0.322. The van der Waals surface area contributed by atoms with Gasteiger partial charge in [-0.25, -0.2) is 8.42 Å². The van der Waals surface area contributed by atoms with Crippen molar-refractivity contribution in [3.8, 4) is 5.75 Å². The molecule has 0 bridgehead atoms.